The van der Waals surface area contributed by atoms with Crippen molar-refractivity contribution in [2.75, 3.05) is 5.73 Å². The highest BCUT2D eigenvalue weighted by Gasteiger charge is 2.15. The summed E-state index contributed by atoms with van der Waals surface area (Å²) < 4.78 is 2.39. The SMILES string of the molecule is Nc1ccc(Cc2ccc(-n3c4ccc(-c5ccccc5)cc4c4cc(-c5ccccc5)ccc43)cc2)cc1. The summed E-state index contributed by atoms with van der Waals surface area (Å²) >= 11 is 0. The van der Waals surface area contributed by atoms with E-state index in [0.717, 1.165) is 17.8 Å². The standard InChI is InChI=1S/C37H28N2/c38-32-17-11-26(12-18-32)23-27-13-19-33(20-14-27)39-36-21-15-30(28-7-3-1-4-8-28)24-34(36)35-25-31(16-22-37(35)39)29-9-5-2-6-10-29/h1-22,24-25H,23,38H2. The molecule has 7 aromatic rings. The molecule has 1 aromatic heterocycles. The molecule has 0 bridgehead atoms. The molecule has 0 saturated carbocycles. The maximum atomic E-state index is 5.87. The molecule has 0 atom stereocenters. The number of hydrogen-bond acceptors (Lipinski definition) is 1. The molecule has 1 heterocycles. The Hall–Kier alpha value is -5.08. The first-order valence-electron chi connectivity index (χ1n) is 13.4. The lowest BCUT2D eigenvalue weighted by Gasteiger charge is -2.10. The third-order valence-electron chi connectivity index (χ3n) is 7.56. The number of benzene rings is 6. The zero-order valence-corrected chi connectivity index (χ0v) is 21.6. The zero-order valence-electron chi connectivity index (χ0n) is 21.6. The third kappa shape index (κ3) is 4.36. The van der Waals surface area contributed by atoms with E-state index in [0.29, 0.717) is 0 Å². The van der Waals surface area contributed by atoms with E-state index < -0.39 is 0 Å². The van der Waals surface area contributed by atoms with E-state index in [2.05, 4.69) is 138 Å². The fourth-order valence-electron chi connectivity index (χ4n) is 5.56. The first-order chi connectivity index (χ1) is 19.2. The average Bonchev–Trinajstić information content (AvgIpc) is 3.32. The molecular formula is C37H28N2. The summed E-state index contributed by atoms with van der Waals surface area (Å²) in [5.41, 5.74) is 17.7. The highest BCUT2D eigenvalue weighted by Crippen LogP contribution is 2.37. The van der Waals surface area contributed by atoms with Crippen molar-refractivity contribution in [1.82, 2.24) is 4.57 Å². The van der Waals surface area contributed by atoms with Crippen LogP contribution in [0.2, 0.25) is 0 Å². The van der Waals surface area contributed by atoms with Gasteiger partial charge in [-0.05, 0) is 88.3 Å². The van der Waals surface area contributed by atoms with Crippen LogP contribution < -0.4 is 5.73 Å². The Bertz CT molecular complexity index is 1800. The maximum Gasteiger partial charge on any atom is 0.0541 e. The summed E-state index contributed by atoms with van der Waals surface area (Å²) in [6, 6.07) is 52.0. The second-order valence-electron chi connectivity index (χ2n) is 10.1. The Kier molecular flexibility index (Phi) is 5.71. The quantitative estimate of drug-likeness (QED) is 0.235. The van der Waals surface area contributed by atoms with E-state index in [-0.39, 0.29) is 0 Å². The number of fused-ring (bicyclic) bond motifs is 3. The number of rotatable bonds is 5. The molecule has 0 unspecified atom stereocenters. The molecule has 186 valence electrons. The van der Waals surface area contributed by atoms with Gasteiger partial charge in [-0.25, -0.2) is 0 Å². The van der Waals surface area contributed by atoms with Crippen LogP contribution in [0.4, 0.5) is 5.69 Å². The average molecular weight is 501 g/mol. The van der Waals surface area contributed by atoms with Crippen LogP contribution in [-0.4, -0.2) is 4.57 Å². The van der Waals surface area contributed by atoms with Gasteiger partial charge < -0.3 is 10.3 Å². The predicted molar refractivity (Wildman–Crippen MR) is 165 cm³/mol. The first kappa shape index (κ1) is 23.1. The Morgan fingerprint density at radius 1 is 0.436 bits per heavy atom. The minimum Gasteiger partial charge on any atom is -0.399 e. The highest BCUT2D eigenvalue weighted by atomic mass is 15.0. The van der Waals surface area contributed by atoms with Crippen LogP contribution in [0.1, 0.15) is 11.1 Å². The molecule has 6 aromatic carbocycles. The summed E-state index contributed by atoms with van der Waals surface area (Å²) in [5.74, 6) is 0. The molecule has 2 N–H and O–H groups in total. The van der Waals surface area contributed by atoms with Crippen molar-refractivity contribution in [2.45, 2.75) is 6.42 Å². The molecule has 0 aliphatic rings. The van der Waals surface area contributed by atoms with Crippen LogP contribution >= 0.6 is 0 Å². The van der Waals surface area contributed by atoms with Crippen LogP contribution in [0.25, 0.3) is 49.7 Å². The number of anilines is 1. The second-order valence-corrected chi connectivity index (χ2v) is 10.1. The van der Waals surface area contributed by atoms with E-state index in [1.807, 2.05) is 12.1 Å². The molecule has 7 rings (SSSR count). The summed E-state index contributed by atoms with van der Waals surface area (Å²) in [6.45, 7) is 0. The van der Waals surface area contributed by atoms with Crippen molar-refractivity contribution in [1.29, 1.82) is 0 Å². The molecule has 0 spiro atoms. The highest BCUT2D eigenvalue weighted by molar-refractivity contribution is 6.11. The Morgan fingerprint density at radius 3 is 1.38 bits per heavy atom. The van der Waals surface area contributed by atoms with Crippen molar-refractivity contribution < 1.29 is 0 Å². The van der Waals surface area contributed by atoms with Gasteiger partial charge in [0, 0.05) is 22.1 Å². The Balaban J connectivity index is 1.37. The zero-order chi connectivity index (χ0) is 26.2. The van der Waals surface area contributed by atoms with E-state index in [4.69, 9.17) is 5.73 Å². The van der Waals surface area contributed by atoms with Gasteiger partial charge in [-0.2, -0.15) is 0 Å². The van der Waals surface area contributed by atoms with Gasteiger partial charge in [0.05, 0.1) is 11.0 Å². The van der Waals surface area contributed by atoms with Gasteiger partial charge in [-0.15, -0.1) is 0 Å². The van der Waals surface area contributed by atoms with Crippen LogP contribution in [0.3, 0.4) is 0 Å². The van der Waals surface area contributed by atoms with Gasteiger partial charge >= 0.3 is 0 Å². The molecule has 0 aliphatic carbocycles. The molecule has 0 saturated heterocycles. The molecule has 2 nitrogen and oxygen atoms in total. The third-order valence-corrected chi connectivity index (χ3v) is 7.56. The molecule has 0 radical (unpaired) electrons. The molecule has 0 amide bonds. The van der Waals surface area contributed by atoms with Gasteiger partial charge in [0.15, 0.2) is 0 Å². The van der Waals surface area contributed by atoms with Crippen molar-refractivity contribution in [3.8, 4) is 27.9 Å². The van der Waals surface area contributed by atoms with Crippen molar-refractivity contribution in [3.63, 3.8) is 0 Å². The van der Waals surface area contributed by atoms with Crippen LogP contribution in [0.15, 0.2) is 146 Å². The lowest BCUT2D eigenvalue weighted by molar-refractivity contribution is 1.15. The molecule has 39 heavy (non-hydrogen) atoms. The Morgan fingerprint density at radius 2 is 0.897 bits per heavy atom. The molecular weight excluding hydrogens is 472 g/mol. The van der Waals surface area contributed by atoms with Gasteiger partial charge in [-0.3, -0.25) is 0 Å². The van der Waals surface area contributed by atoms with Crippen molar-refractivity contribution in [2.24, 2.45) is 0 Å². The topological polar surface area (TPSA) is 30.9 Å². The Labute approximate surface area is 228 Å². The normalized spacial score (nSPS) is 11.3. The van der Waals surface area contributed by atoms with Gasteiger partial charge in [-0.1, -0.05) is 97.1 Å². The van der Waals surface area contributed by atoms with Gasteiger partial charge in [0.1, 0.15) is 0 Å². The number of nitrogens with two attached hydrogens (primary N) is 1. The minimum atomic E-state index is 0.798. The number of nitrogens with zero attached hydrogens (tertiary/aromatic N) is 1. The number of aromatic nitrogens is 1. The minimum absolute atomic E-state index is 0.798. The van der Waals surface area contributed by atoms with E-state index in [1.54, 1.807) is 0 Å². The smallest absolute Gasteiger partial charge is 0.0541 e. The maximum absolute atomic E-state index is 5.87. The van der Waals surface area contributed by atoms with Gasteiger partial charge in [0.2, 0.25) is 0 Å². The lowest BCUT2D eigenvalue weighted by Crippen LogP contribution is -1.95. The molecule has 0 aliphatic heterocycles. The van der Waals surface area contributed by atoms with Crippen molar-refractivity contribution in [3.05, 3.63) is 157 Å². The van der Waals surface area contributed by atoms with E-state index in [1.165, 1.54) is 55.2 Å². The van der Waals surface area contributed by atoms with E-state index in [9.17, 15) is 0 Å². The molecule has 2 heteroatoms. The summed E-state index contributed by atoms with van der Waals surface area (Å²) in [6.07, 6.45) is 0.884. The van der Waals surface area contributed by atoms with E-state index >= 15 is 0 Å². The number of hydrogen-bond donors (Lipinski definition) is 1. The summed E-state index contributed by atoms with van der Waals surface area (Å²) in [7, 11) is 0. The number of nitrogen functional groups attached to an aromatic ring is 1. The molecule has 0 fully saturated rings. The largest absolute Gasteiger partial charge is 0.399 e. The van der Waals surface area contributed by atoms with Crippen LogP contribution in [0, 0.1) is 0 Å². The monoisotopic (exact) mass is 500 g/mol. The fraction of sp³-hybridized carbons (Fsp3) is 0.0270. The summed E-state index contributed by atoms with van der Waals surface area (Å²) in [4.78, 5) is 0. The van der Waals surface area contributed by atoms with Crippen LogP contribution in [-0.2, 0) is 6.42 Å². The van der Waals surface area contributed by atoms with Crippen LogP contribution in [0.5, 0.6) is 0 Å². The summed E-state index contributed by atoms with van der Waals surface area (Å²) in [5, 5.41) is 2.52. The first-order valence-corrected chi connectivity index (χ1v) is 13.4. The van der Waals surface area contributed by atoms with Gasteiger partial charge in [0.25, 0.3) is 0 Å². The van der Waals surface area contributed by atoms with Crippen molar-refractivity contribution >= 4 is 27.5 Å². The lowest BCUT2D eigenvalue weighted by atomic mass is 10.0. The predicted octanol–water partition coefficient (Wildman–Crippen LogP) is 9.29. The fourth-order valence-corrected chi connectivity index (χ4v) is 5.56. The second kappa shape index (κ2) is 9.66.